The van der Waals surface area contributed by atoms with Crippen molar-refractivity contribution in [3.05, 3.63) is 29.6 Å². The highest BCUT2D eigenvalue weighted by molar-refractivity contribution is 7.89. The SMILES string of the molecule is Cc1ccc(F)cc1S(=O)(=O)NCC(=O)C(C)C. The van der Waals surface area contributed by atoms with E-state index in [2.05, 4.69) is 4.72 Å². The highest BCUT2D eigenvalue weighted by Crippen LogP contribution is 2.16. The van der Waals surface area contributed by atoms with Crippen LogP contribution >= 0.6 is 0 Å². The summed E-state index contributed by atoms with van der Waals surface area (Å²) in [5, 5.41) is 0. The third-order valence-corrected chi connectivity index (χ3v) is 4.06. The first kappa shape index (κ1) is 14.8. The average molecular weight is 273 g/mol. The lowest BCUT2D eigenvalue weighted by Crippen LogP contribution is -2.32. The van der Waals surface area contributed by atoms with Crippen LogP contribution in [-0.4, -0.2) is 20.7 Å². The number of halogens is 1. The highest BCUT2D eigenvalue weighted by atomic mass is 32.2. The fourth-order valence-electron chi connectivity index (χ4n) is 1.31. The summed E-state index contributed by atoms with van der Waals surface area (Å²) < 4.78 is 39.0. The molecule has 1 rings (SSSR count). The zero-order chi connectivity index (χ0) is 13.9. The number of hydrogen-bond acceptors (Lipinski definition) is 3. The van der Waals surface area contributed by atoms with Crippen molar-refractivity contribution in [2.24, 2.45) is 5.92 Å². The number of ketones is 1. The van der Waals surface area contributed by atoms with Gasteiger partial charge in [0.2, 0.25) is 10.0 Å². The molecule has 0 saturated carbocycles. The second-order valence-corrected chi connectivity index (χ2v) is 6.09. The molecule has 1 aromatic carbocycles. The predicted molar refractivity (Wildman–Crippen MR) is 66.2 cm³/mol. The first-order valence-corrected chi connectivity index (χ1v) is 7.01. The van der Waals surface area contributed by atoms with Crippen LogP contribution in [0, 0.1) is 18.7 Å². The van der Waals surface area contributed by atoms with E-state index < -0.39 is 15.8 Å². The maximum Gasteiger partial charge on any atom is 0.241 e. The Kier molecular flexibility index (Phi) is 4.59. The number of aryl methyl sites for hydroxylation is 1. The molecule has 0 fully saturated rings. The maximum absolute atomic E-state index is 13.0. The Hall–Kier alpha value is -1.27. The van der Waals surface area contributed by atoms with Gasteiger partial charge >= 0.3 is 0 Å². The van der Waals surface area contributed by atoms with E-state index in [4.69, 9.17) is 0 Å². The first-order valence-electron chi connectivity index (χ1n) is 5.52. The van der Waals surface area contributed by atoms with Crippen molar-refractivity contribution >= 4 is 15.8 Å². The van der Waals surface area contributed by atoms with Crippen LogP contribution < -0.4 is 4.72 Å². The Bertz CT molecular complexity index is 552. The fourth-order valence-corrected chi connectivity index (χ4v) is 2.56. The molecule has 0 saturated heterocycles. The van der Waals surface area contributed by atoms with Crippen molar-refractivity contribution in [1.82, 2.24) is 4.72 Å². The van der Waals surface area contributed by atoms with Gasteiger partial charge in [0.05, 0.1) is 11.4 Å². The molecule has 100 valence electrons. The molecule has 1 aromatic rings. The van der Waals surface area contributed by atoms with Crippen LogP contribution in [0.2, 0.25) is 0 Å². The first-order chi connectivity index (χ1) is 8.24. The third-order valence-electron chi connectivity index (χ3n) is 2.52. The number of hydrogen-bond donors (Lipinski definition) is 1. The molecule has 0 spiro atoms. The summed E-state index contributed by atoms with van der Waals surface area (Å²) in [6.07, 6.45) is 0. The monoisotopic (exact) mass is 273 g/mol. The van der Waals surface area contributed by atoms with Crippen molar-refractivity contribution in [2.45, 2.75) is 25.7 Å². The number of Topliss-reactive ketones (excluding diaryl/α,β-unsaturated/α-hetero) is 1. The topological polar surface area (TPSA) is 63.2 Å². The van der Waals surface area contributed by atoms with Gasteiger partial charge in [-0.25, -0.2) is 17.5 Å². The molecule has 0 aliphatic heterocycles. The van der Waals surface area contributed by atoms with Crippen LogP contribution in [0.5, 0.6) is 0 Å². The lowest BCUT2D eigenvalue weighted by molar-refractivity contribution is -0.120. The zero-order valence-electron chi connectivity index (χ0n) is 10.5. The average Bonchev–Trinajstić information content (AvgIpc) is 2.29. The van der Waals surface area contributed by atoms with E-state index in [-0.39, 0.29) is 23.1 Å². The smallest absolute Gasteiger partial charge is 0.241 e. The van der Waals surface area contributed by atoms with Gasteiger partial charge in [-0.3, -0.25) is 4.79 Å². The molecule has 0 amide bonds. The van der Waals surface area contributed by atoms with Crippen LogP contribution in [0.4, 0.5) is 4.39 Å². The summed E-state index contributed by atoms with van der Waals surface area (Å²) in [5.41, 5.74) is 0.431. The molecule has 0 aromatic heterocycles. The van der Waals surface area contributed by atoms with E-state index in [1.54, 1.807) is 20.8 Å². The van der Waals surface area contributed by atoms with E-state index in [9.17, 15) is 17.6 Å². The van der Waals surface area contributed by atoms with Gasteiger partial charge in [-0.1, -0.05) is 19.9 Å². The molecule has 1 N–H and O–H groups in total. The summed E-state index contributed by atoms with van der Waals surface area (Å²) in [4.78, 5) is 11.2. The van der Waals surface area contributed by atoms with E-state index in [1.165, 1.54) is 12.1 Å². The van der Waals surface area contributed by atoms with Crippen molar-refractivity contribution in [1.29, 1.82) is 0 Å². The Morgan fingerprint density at radius 3 is 2.56 bits per heavy atom. The van der Waals surface area contributed by atoms with Gasteiger partial charge in [0.15, 0.2) is 0 Å². The summed E-state index contributed by atoms with van der Waals surface area (Å²) in [6, 6.07) is 3.51. The number of rotatable bonds is 5. The summed E-state index contributed by atoms with van der Waals surface area (Å²) in [7, 11) is -3.85. The molecule has 0 radical (unpaired) electrons. The molecule has 0 bridgehead atoms. The minimum absolute atomic E-state index is 0.140. The van der Waals surface area contributed by atoms with Gasteiger partial charge in [-0.2, -0.15) is 0 Å². The third kappa shape index (κ3) is 3.61. The predicted octanol–water partition coefficient (Wildman–Crippen LogP) is 1.64. The Morgan fingerprint density at radius 2 is 2.00 bits per heavy atom. The Labute approximate surface area is 106 Å². The van der Waals surface area contributed by atoms with Crippen LogP contribution in [0.15, 0.2) is 23.1 Å². The molecule has 6 heteroatoms. The Morgan fingerprint density at radius 1 is 1.39 bits per heavy atom. The number of carbonyl (C=O) groups excluding carboxylic acids is 1. The minimum atomic E-state index is -3.85. The number of carbonyl (C=O) groups is 1. The van der Waals surface area contributed by atoms with Crippen molar-refractivity contribution in [3.63, 3.8) is 0 Å². The fraction of sp³-hybridized carbons (Fsp3) is 0.417. The summed E-state index contributed by atoms with van der Waals surface area (Å²) in [5.74, 6) is -1.09. The van der Waals surface area contributed by atoms with Gasteiger partial charge in [0.1, 0.15) is 11.6 Å². The lowest BCUT2D eigenvalue weighted by atomic mass is 10.1. The number of sulfonamides is 1. The molecule has 4 nitrogen and oxygen atoms in total. The molecule has 0 heterocycles. The molecule has 18 heavy (non-hydrogen) atoms. The van der Waals surface area contributed by atoms with Crippen molar-refractivity contribution in [3.8, 4) is 0 Å². The van der Waals surface area contributed by atoms with Crippen molar-refractivity contribution < 1.29 is 17.6 Å². The second kappa shape index (κ2) is 5.58. The Balaban J connectivity index is 2.93. The van der Waals surface area contributed by atoms with Crippen LogP contribution in [0.25, 0.3) is 0 Å². The molecular formula is C12H16FNO3S. The summed E-state index contributed by atoms with van der Waals surface area (Å²) >= 11 is 0. The van der Waals surface area contributed by atoms with Gasteiger partial charge in [0, 0.05) is 5.92 Å². The number of benzene rings is 1. The van der Waals surface area contributed by atoms with Gasteiger partial charge in [-0.05, 0) is 24.6 Å². The van der Waals surface area contributed by atoms with E-state index in [0.717, 1.165) is 6.07 Å². The molecule has 0 aliphatic carbocycles. The van der Waals surface area contributed by atoms with E-state index >= 15 is 0 Å². The lowest BCUT2D eigenvalue weighted by Gasteiger charge is -2.10. The maximum atomic E-state index is 13.0. The summed E-state index contributed by atoms with van der Waals surface area (Å²) in [6.45, 7) is 4.66. The normalized spacial score (nSPS) is 11.8. The van der Waals surface area contributed by atoms with Gasteiger partial charge in [0.25, 0.3) is 0 Å². The van der Waals surface area contributed by atoms with Crippen molar-refractivity contribution in [2.75, 3.05) is 6.54 Å². The van der Waals surface area contributed by atoms with Gasteiger partial charge < -0.3 is 0 Å². The van der Waals surface area contributed by atoms with Crippen LogP contribution in [-0.2, 0) is 14.8 Å². The second-order valence-electron chi connectivity index (χ2n) is 4.36. The standard InChI is InChI=1S/C12H16FNO3S/c1-8(2)11(15)7-14-18(16,17)12-6-10(13)5-4-9(12)3/h4-6,8,14H,7H2,1-3H3. The largest absolute Gasteiger partial charge is 0.298 e. The molecule has 0 aliphatic rings. The number of nitrogens with one attached hydrogen (secondary N) is 1. The van der Waals surface area contributed by atoms with E-state index in [0.29, 0.717) is 5.56 Å². The highest BCUT2D eigenvalue weighted by Gasteiger charge is 2.19. The molecule has 0 atom stereocenters. The van der Waals surface area contributed by atoms with Gasteiger partial charge in [-0.15, -0.1) is 0 Å². The molecule has 0 unspecified atom stereocenters. The van der Waals surface area contributed by atoms with Crippen LogP contribution in [0.1, 0.15) is 19.4 Å². The minimum Gasteiger partial charge on any atom is -0.298 e. The quantitative estimate of drug-likeness (QED) is 0.887. The van der Waals surface area contributed by atoms with E-state index in [1.807, 2.05) is 0 Å². The zero-order valence-corrected chi connectivity index (χ0v) is 11.3. The molecular weight excluding hydrogens is 257 g/mol. The van der Waals surface area contributed by atoms with Crippen LogP contribution in [0.3, 0.4) is 0 Å².